The van der Waals surface area contributed by atoms with Gasteiger partial charge in [-0.1, -0.05) is 18.7 Å². The second kappa shape index (κ2) is 4.61. The van der Waals surface area contributed by atoms with Gasteiger partial charge in [-0.15, -0.1) is 5.10 Å². The molecule has 0 saturated heterocycles. The van der Waals surface area contributed by atoms with Crippen molar-refractivity contribution in [3.05, 3.63) is 0 Å². The van der Waals surface area contributed by atoms with Crippen molar-refractivity contribution < 1.29 is 9.90 Å². The Morgan fingerprint density at radius 2 is 2.27 bits per heavy atom. The van der Waals surface area contributed by atoms with E-state index in [0.717, 1.165) is 18.2 Å². The molecule has 1 aromatic rings. The first kappa shape index (κ1) is 12.0. The van der Waals surface area contributed by atoms with Gasteiger partial charge in [0.05, 0.1) is 11.3 Å². The van der Waals surface area contributed by atoms with Crippen LogP contribution >= 0.6 is 11.8 Å². The number of aliphatic carboxylic acids is 1. The van der Waals surface area contributed by atoms with Crippen LogP contribution in [0.15, 0.2) is 5.16 Å². The second-order valence-electron chi connectivity index (χ2n) is 3.72. The Balaban J connectivity index is 2.82. The van der Waals surface area contributed by atoms with E-state index in [-0.39, 0.29) is 11.3 Å². The third-order valence-corrected chi connectivity index (χ3v) is 3.11. The minimum Gasteiger partial charge on any atom is -0.481 e. The predicted octanol–water partition coefficient (Wildman–Crippen LogP) is 0.995. The molecule has 0 unspecified atom stereocenters. The summed E-state index contributed by atoms with van der Waals surface area (Å²) in [7, 11) is 0. The van der Waals surface area contributed by atoms with Gasteiger partial charge < -0.3 is 5.11 Å². The maximum Gasteiger partial charge on any atom is 0.313 e. The molecule has 0 saturated carbocycles. The maximum atomic E-state index is 10.4. The lowest BCUT2D eigenvalue weighted by atomic mass is 10.0. The number of nitrogens with zero attached hydrogens (tertiary/aromatic N) is 4. The third-order valence-electron chi connectivity index (χ3n) is 2.20. The van der Waals surface area contributed by atoms with Gasteiger partial charge in [0, 0.05) is 0 Å². The van der Waals surface area contributed by atoms with Gasteiger partial charge in [0.2, 0.25) is 5.16 Å². The first-order valence-electron chi connectivity index (χ1n) is 4.61. The molecule has 15 heavy (non-hydrogen) atoms. The fourth-order valence-corrected chi connectivity index (χ4v) is 1.68. The fourth-order valence-electron chi connectivity index (χ4n) is 0.925. The number of thioether (sulfide) groups is 1. The van der Waals surface area contributed by atoms with E-state index < -0.39 is 5.97 Å². The molecule has 0 amide bonds. The van der Waals surface area contributed by atoms with Crippen molar-refractivity contribution in [1.29, 1.82) is 0 Å². The van der Waals surface area contributed by atoms with Crippen LogP contribution in [0.5, 0.6) is 0 Å². The van der Waals surface area contributed by atoms with E-state index in [2.05, 4.69) is 15.5 Å². The molecular weight excluding hydrogens is 216 g/mol. The van der Waals surface area contributed by atoms with Crippen molar-refractivity contribution in [2.75, 3.05) is 5.75 Å². The average molecular weight is 230 g/mol. The summed E-state index contributed by atoms with van der Waals surface area (Å²) in [4.78, 5) is 10.4. The van der Waals surface area contributed by atoms with Crippen molar-refractivity contribution in [2.24, 2.45) is 0 Å². The molecule has 0 aromatic carbocycles. The minimum atomic E-state index is -0.871. The van der Waals surface area contributed by atoms with Gasteiger partial charge in [-0.25, -0.2) is 4.68 Å². The molecule has 1 aromatic heterocycles. The smallest absolute Gasteiger partial charge is 0.313 e. The summed E-state index contributed by atoms with van der Waals surface area (Å²) in [6.45, 7) is 6.05. The molecule has 1 N–H and O–H groups in total. The highest BCUT2D eigenvalue weighted by Crippen LogP contribution is 2.24. The number of tetrazole rings is 1. The number of carboxylic acid groups (broad SMARTS) is 1. The molecule has 0 aliphatic carbocycles. The lowest BCUT2D eigenvalue weighted by molar-refractivity contribution is -0.133. The topological polar surface area (TPSA) is 80.9 Å². The van der Waals surface area contributed by atoms with Crippen molar-refractivity contribution in [1.82, 2.24) is 20.2 Å². The predicted molar refractivity (Wildman–Crippen MR) is 55.8 cm³/mol. The molecule has 0 bridgehead atoms. The molecule has 0 aliphatic rings. The van der Waals surface area contributed by atoms with Crippen LogP contribution in [-0.4, -0.2) is 37.0 Å². The lowest BCUT2D eigenvalue weighted by Crippen LogP contribution is -2.27. The van der Waals surface area contributed by atoms with Crippen molar-refractivity contribution in [3.63, 3.8) is 0 Å². The highest BCUT2D eigenvalue weighted by molar-refractivity contribution is 7.99. The summed E-state index contributed by atoms with van der Waals surface area (Å²) < 4.78 is 1.67. The summed E-state index contributed by atoms with van der Waals surface area (Å²) >= 11 is 1.13. The number of carboxylic acids is 1. The first-order valence-corrected chi connectivity index (χ1v) is 5.59. The third kappa shape index (κ3) is 2.92. The highest BCUT2D eigenvalue weighted by Gasteiger charge is 2.23. The normalized spacial score (nSPS) is 11.7. The molecule has 1 heterocycles. The summed E-state index contributed by atoms with van der Waals surface area (Å²) in [6, 6.07) is 0. The van der Waals surface area contributed by atoms with Crippen molar-refractivity contribution in [2.45, 2.75) is 37.9 Å². The Morgan fingerprint density at radius 1 is 1.60 bits per heavy atom. The van der Waals surface area contributed by atoms with E-state index in [0.29, 0.717) is 5.16 Å². The van der Waals surface area contributed by atoms with E-state index in [1.165, 1.54) is 0 Å². The molecular formula is C8H14N4O2S. The van der Waals surface area contributed by atoms with Crippen LogP contribution < -0.4 is 0 Å². The Labute approximate surface area is 92.0 Å². The van der Waals surface area contributed by atoms with E-state index in [1.54, 1.807) is 4.68 Å². The molecule has 1 rings (SSSR count). The van der Waals surface area contributed by atoms with Gasteiger partial charge >= 0.3 is 5.97 Å². The molecule has 6 nitrogen and oxygen atoms in total. The molecule has 84 valence electrons. The van der Waals surface area contributed by atoms with Gasteiger partial charge in [0.1, 0.15) is 0 Å². The maximum absolute atomic E-state index is 10.4. The zero-order chi connectivity index (χ0) is 11.5. The van der Waals surface area contributed by atoms with Crippen LogP contribution in [0.2, 0.25) is 0 Å². The minimum absolute atomic E-state index is 0.0276. The number of hydrogen-bond donors (Lipinski definition) is 1. The summed E-state index contributed by atoms with van der Waals surface area (Å²) in [5, 5.41) is 20.4. The summed E-state index contributed by atoms with van der Waals surface area (Å²) in [5.41, 5.74) is -0.190. The Hall–Kier alpha value is -1.11. The highest BCUT2D eigenvalue weighted by atomic mass is 32.2. The summed E-state index contributed by atoms with van der Waals surface area (Å²) in [5.74, 6) is -0.899. The van der Waals surface area contributed by atoms with Gasteiger partial charge in [-0.05, 0) is 30.7 Å². The second-order valence-corrected chi connectivity index (χ2v) is 4.66. The van der Waals surface area contributed by atoms with Crippen molar-refractivity contribution in [3.8, 4) is 0 Å². The van der Waals surface area contributed by atoms with Crippen molar-refractivity contribution >= 4 is 17.7 Å². The van der Waals surface area contributed by atoms with Crippen LogP contribution in [0.25, 0.3) is 0 Å². The lowest BCUT2D eigenvalue weighted by Gasteiger charge is -2.23. The zero-order valence-electron chi connectivity index (χ0n) is 8.97. The SMILES string of the molecule is CCC(C)(C)n1nnnc1SCC(=O)O. The largest absolute Gasteiger partial charge is 0.481 e. The molecule has 0 aliphatic heterocycles. The molecule has 0 radical (unpaired) electrons. The van der Waals surface area contributed by atoms with Crippen LogP contribution in [0, 0.1) is 0 Å². The molecule has 0 atom stereocenters. The average Bonchev–Trinajstić information content (AvgIpc) is 2.63. The van der Waals surface area contributed by atoms with Crippen LogP contribution in [0.3, 0.4) is 0 Å². The fraction of sp³-hybridized carbons (Fsp3) is 0.750. The van der Waals surface area contributed by atoms with Gasteiger partial charge in [0.15, 0.2) is 0 Å². The van der Waals surface area contributed by atoms with E-state index >= 15 is 0 Å². The van der Waals surface area contributed by atoms with Crippen LogP contribution in [0.1, 0.15) is 27.2 Å². The Kier molecular flexibility index (Phi) is 3.67. The van der Waals surface area contributed by atoms with Crippen LogP contribution in [-0.2, 0) is 10.3 Å². The van der Waals surface area contributed by atoms with E-state index in [4.69, 9.17) is 5.11 Å². The Bertz CT molecular complexity index is 350. The zero-order valence-corrected chi connectivity index (χ0v) is 9.78. The van der Waals surface area contributed by atoms with E-state index in [9.17, 15) is 4.79 Å². The van der Waals surface area contributed by atoms with Gasteiger partial charge in [-0.2, -0.15) is 0 Å². The van der Waals surface area contributed by atoms with Gasteiger partial charge in [0.25, 0.3) is 0 Å². The number of hydrogen-bond acceptors (Lipinski definition) is 5. The van der Waals surface area contributed by atoms with Crippen LogP contribution in [0.4, 0.5) is 0 Å². The quantitative estimate of drug-likeness (QED) is 0.760. The number of rotatable bonds is 5. The molecule has 0 spiro atoms. The molecule has 0 fully saturated rings. The first-order chi connectivity index (χ1) is 6.97. The standard InChI is InChI=1S/C8H14N4O2S/c1-4-8(2,3)12-7(9-10-11-12)15-5-6(13)14/h4-5H2,1-3H3,(H,13,14). The number of aromatic nitrogens is 4. The van der Waals surface area contributed by atoms with Gasteiger partial charge in [-0.3, -0.25) is 4.79 Å². The van der Waals surface area contributed by atoms with E-state index in [1.807, 2.05) is 20.8 Å². The summed E-state index contributed by atoms with van der Waals surface area (Å²) in [6.07, 6.45) is 0.874. The molecule has 7 heteroatoms. The number of carbonyl (C=O) groups is 1. The monoisotopic (exact) mass is 230 g/mol. The Morgan fingerprint density at radius 3 is 2.80 bits per heavy atom.